The lowest BCUT2D eigenvalue weighted by Gasteiger charge is -2.07. The molecule has 88 valence electrons. The van der Waals surface area contributed by atoms with Crippen LogP contribution in [0.3, 0.4) is 0 Å². The van der Waals surface area contributed by atoms with Crippen LogP contribution in [-0.4, -0.2) is 20.6 Å². The van der Waals surface area contributed by atoms with Crippen LogP contribution in [0.1, 0.15) is 12.0 Å². The van der Waals surface area contributed by atoms with E-state index in [9.17, 15) is 4.79 Å². The van der Waals surface area contributed by atoms with Gasteiger partial charge in [-0.3, -0.25) is 4.79 Å². The third-order valence-corrected chi connectivity index (χ3v) is 3.06. The van der Waals surface area contributed by atoms with Crippen LogP contribution < -0.4 is 0 Å². The van der Waals surface area contributed by atoms with Crippen molar-refractivity contribution < 1.29 is 9.90 Å². The van der Waals surface area contributed by atoms with E-state index in [4.69, 9.17) is 5.11 Å². The van der Waals surface area contributed by atoms with Crippen molar-refractivity contribution in [3.63, 3.8) is 0 Å². The molecule has 1 N–H and O–H groups in total. The zero-order valence-electron chi connectivity index (χ0n) is 9.01. The molecule has 5 heteroatoms. The molecule has 0 radical (unpaired) electrons. The van der Waals surface area contributed by atoms with Gasteiger partial charge < -0.3 is 9.67 Å². The highest BCUT2D eigenvalue weighted by atomic mass is 79.9. The average molecular weight is 295 g/mol. The van der Waals surface area contributed by atoms with Crippen LogP contribution in [0.2, 0.25) is 0 Å². The SMILES string of the molecule is O=C(O)CCc1ccc(-n2ccnc2)c(Br)c1. The second kappa shape index (κ2) is 5.14. The van der Waals surface area contributed by atoms with Gasteiger partial charge >= 0.3 is 5.97 Å². The van der Waals surface area contributed by atoms with E-state index in [0.29, 0.717) is 6.42 Å². The van der Waals surface area contributed by atoms with E-state index < -0.39 is 5.97 Å². The molecule has 2 aromatic rings. The molecule has 0 amide bonds. The first kappa shape index (κ1) is 11.9. The van der Waals surface area contributed by atoms with Crippen LogP contribution in [-0.2, 0) is 11.2 Å². The Labute approximate surface area is 107 Å². The molecule has 0 saturated carbocycles. The van der Waals surface area contributed by atoms with Gasteiger partial charge in [0.25, 0.3) is 0 Å². The van der Waals surface area contributed by atoms with Crippen molar-refractivity contribution >= 4 is 21.9 Å². The molecule has 1 aromatic carbocycles. The second-order valence-corrected chi connectivity index (χ2v) is 4.50. The molecule has 0 fully saturated rings. The number of halogens is 1. The van der Waals surface area contributed by atoms with Gasteiger partial charge in [0.2, 0.25) is 0 Å². The van der Waals surface area contributed by atoms with Gasteiger partial charge in [0.1, 0.15) is 0 Å². The van der Waals surface area contributed by atoms with Crippen LogP contribution in [0.4, 0.5) is 0 Å². The van der Waals surface area contributed by atoms with Gasteiger partial charge in [-0.25, -0.2) is 4.98 Å². The van der Waals surface area contributed by atoms with E-state index in [1.807, 2.05) is 29.0 Å². The summed E-state index contributed by atoms with van der Waals surface area (Å²) in [5, 5.41) is 8.62. The summed E-state index contributed by atoms with van der Waals surface area (Å²) < 4.78 is 2.82. The van der Waals surface area contributed by atoms with Crippen molar-refractivity contribution in [2.45, 2.75) is 12.8 Å². The smallest absolute Gasteiger partial charge is 0.303 e. The first-order valence-electron chi connectivity index (χ1n) is 5.15. The standard InChI is InChI=1S/C12H11BrN2O2/c13-10-7-9(2-4-12(16)17)1-3-11(10)15-6-5-14-8-15/h1,3,5-8H,2,4H2,(H,16,17). The zero-order valence-corrected chi connectivity index (χ0v) is 10.6. The van der Waals surface area contributed by atoms with E-state index in [0.717, 1.165) is 15.7 Å². The number of rotatable bonds is 4. The van der Waals surface area contributed by atoms with Gasteiger partial charge in [-0.2, -0.15) is 0 Å². The molecule has 17 heavy (non-hydrogen) atoms. The zero-order chi connectivity index (χ0) is 12.3. The maximum Gasteiger partial charge on any atom is 0.303 e. The summed E-state index contributed by atoms with van der Waals surface area (Å²) in [4.78, 5) is 14.5. The van der Waals surface area contributed by atoms with E-state index in [1.54, 1.807) is 12.5 Å². The number of aromatic nitrogens is 2. The molecule has 0 bridgehead atoms. The Balaban J connectivity index is 2.20. The van der Waals surface area contributed by atoms with Gasteiger partial charge in [0, 0.05) is 23.3 Å². The molecule has 0 aliphatic heterocycles. The Morgan fingerprint density at radius 2 is 2.29 bits per heavy atom. The molecule has 0 aliphatic rings. The minimum absolute atomic E-state index is 0.150. The number of aliphatic carboxylic acids is 1. The van der Waals surface area contributed by atoms with Crippen molar-refractivity contribution in [3.05, 3.63) is 47.0 Å². The molecule has 0 saturated heterocycles. The highest BCUT2D eigenvalue weighted by Gasteiger charge is 2.04. The summed E-state index contributed by atoms with van der Waals surface area (Å²) in [7, 11) is 0. The predicted octanol–water partition coefficient (Wildman–Crippen LogP) is 2.65. The quantitative estimate of drug-likeness (QED) is 0.943. The van der Waals surface area contributed by atoms with Crippen LogP contribution in [0.5, 0.6) is 0 Å². The van der Waals surface area contributed by atoms with Gasteiger partial charge in [-0.1, -0.05) is 6.07 Å². The lowest BCUT2D eigenvalue weighted by molar-refractivity contribution is -0.136. The van der Waals surface area contributed by atoms with Crippen LogP contribution in [0, 0.1) is 0 Å². The summed E-state index contributed by atoms with van der Waals surface area (Å²) in [6.45, 7) is 0. The van der Waals surface area contributed by atoms with Gasteiger partial charge in [-0.15, -0.1) is 0 Å². The number of hydrogen-bond donors (Lipinski definition) is 1. The lowest BCUT2D eigenvalue weighted by atomic mass is 10.1. The van der Waals surface area contributed by atoms with Crippen molar-refractivity contribution in [1.29, 1.82) is 0 Å². The largest absolute Gasteiger partial charge is 0.481 e. The molecule has 0 aliphatic carbocycles. The number of carboxylic acids is 1. The second-order valence-electron chi connectivity index (χ2n) is 3.65. The number of hydrogen-bond acceptors (Lipinski definition) is 2. The first-order chi connectivity index (χ1) is 8.16. The number of imidazole rings is 1. The van der Waals surface area contributed by atoms with E-state index in [2.05, 4.69) is 20.9 Å². The summed E-state index contributed by atoms with van der Waals surface area (Å²) in [6.07, 6.45) is 5.98. The molecular weight excluding hydrogens is 284 g/mol. The van der Waals surface area contributed by atoms with Gasteiger partial charge in [0.15, 0.2) is 0 Å². The molecule has 0 unspecified atom stereocenters. The van der Waals surface area contributed by atoms with E-state index in [1.165, 1.54) is 0 Å². The van der Waals surface area contributed by atoms with E-state index >= 15 is 0 Å². The first-order valence-corrected chi connectivity index (χ1v) is 5.94. The maximum absolute atomic E-state index is 10.5. The molecule has 0 spiro atoms. The Bertz CT molecular complexity index is 523. The molecule has 1 aromatic heterocycles. The van der Waals surface area contributed by atoms with Crippen LogP contribution in [0.15, 0.2) is 41.4 Å². The third kappa shape index (κ3) is 2.94. The number of aryl methyl sites for hydroxylation is 1. The number of benzene rings is 1. The van der Waals surface area contributed by atoms with Crippen molar-refractivity contribution in [1.82, 2.24) is 9.55 Å². The van der Waals surface area contributed by atoms with Gasteiger partial charge in [0.05, 0.1) is 12.0 Å². The van der Waals surface area contributed by atoms with Crippen LogP contribution >= 0.6 is 15.9 Å². The van der Waals surface area contributed by atoms with Crippen LogP contribution in [0.25, 0.3) is 5.69 Å². The van der Waals surface area contributed by atoms with E-state index in [-0.39, 0.29) is 6.42 Å². The number of carboxylic acid groups (broad SMARTS) is 1. The fraction of sp³-hybridized carbons (Fsp3) is 0.167. The van der Waals surface area contributed by atoms with Crippen molar-refractivity contribution in [3.8, 4) is 5.69 Å². The topological polar surface area (TPSA) is 55.1 Å². The normalized spacial score (nSPS) is 10.4. The Morgan fingerprint density at radius 1 is 1.47 bits per heavy atom. The number of carbonyl (C=O) groups is 1. The van der Waals surface area contributed by atoms with Gasteiger partial charge in [-0.05, 0) is 40.0 Å². The third-order valence-electron chi connectivity index (χ3n) is 2.42. The monoisotopic (exact) mass is 294 g/mol. The summed E-state index contributed by atoms with van der Waals surface area (Å²) >= 11 is 3.48. The fourth-order valence-corrected chi connectivity index (χ4v) is 2.20. The number of nitrogens with zero attached hydrogens (tertiary/aromatic N) is 2. The molecule has 0 atom stereocenters. The average Bonchev–Trinajstić information content (AvgIpc) is 2.79. The lowest BCUT2D eigenvalue weighted by Crippen LogP contribution is -1.98. The minimum Gasteiger partial charge on any atom is -0.481 e. The van der Waals surface area contributed by atoms with Crippen molar-refractivity contribution in [2.24, 2.45) is 0 Å². The molecule has 2 rings (SSSR count). The Morgan fingerprint density at radius 3 is 2.88 bits per heavy atom. The minimum atomic E-state index is -0.778. The molecule has 1 heterocycles. The summed E-state index contributed by atoms with van der Waals surface area (Å²) in [6, 6.07) is 5.82. The fourth-order valence-electron chi connectivity index (χ4n) is 1.57. The highest BCUT2D eigenvalue weighted by Crippen LogP contribution is 2.22. The molecular formula is C12H11BrN2O2. The molecule has 4 nitrogen and oxygen atoms in total. The Kier molecular flexibility index (Phi) is 3.58. The van der Waals surface area contributed by atoms with Crippen molar-refractivity contribution in [2.75, 3.05) is 0 Å². The Hall–Kier alpha value is -1.62. The summed E-state index contributed by atoms with van der Waals surface area (Å²) in [5.74, 6) is -0.778. The maximum atomic E-state index is 10.5. The predicted molar refractivity (Wildman–Crippen MR) is 67.2 cm³/mol. The summed E-state index contributed by atoms with van der Waals surface area (Å²) in [5.41, 5.74) is 1.99. The highest BCUT2D eigenvalue weighted by molar-refractivity contribution is 9.10.